The molecule has 1 aromatic carbocycles. The second kappa shape index (κ2) is 5.33. The van der Waals surface area contributed by atoms with Crippen molar-refractivity contribution in [3.05, 3.63) is 33.3 Å². The van der Waals surface area contributed by atoms with Gasteiger partial charge in [-0.25, -0.2) is 0 Å². The van der Waals surface area contributed by atoms with Gasteiger partial charge in [0.2, 0.25) is 5.88 Å². The molecule has 0 aliphatic rings. The largest absolute Gasteiger partial charge is 0.367 e. The van der Waals surface area contributed by atoms with Gasteiger partial charge in [-0.2, -0.15) is 0 Å². The lowest BCUT2D eigenvalue weighted by Gasteiger charge is -2.06. The minimum atomic E-state index is 0.387. The summed E-state index contributed by atoms with van der Waals surface area (Å²) in [7, 11) is 0. The van der Waals surface area contributed by atoms with Crippen molar-refractivity contribution in [1.29, 1.82) is 0 Å². The van der Waals surface area contributed by atoms with E-state index >= 15 is 0 Å². The van der Waals surface area contributed by atoms with Crippen LogP contribution < -0.4 is 5.73 Å². The van der Waals surface area contributed by atoms with Gasteiger partial charge in [-0.15, -0.1) is 0 Å². The quantitative estimate of drug-likeness (QED) is 0.899. The summed E-state index contributed by atoms with van der Waals surface area (Å²) in [5.41, 5.74) is 8.46. The monoisotopic (exact) mass is 328 g/mol. The first-order chi connectivity index (χ1) is 8.49. The summed E-state index contributed by atoms with van der Waals surface area (Å²) in [5.74, 6) is 0.870. The van der Waals surface area contributed by atoms with Crippen LogP contribution in [0.1, 0.15) is 19.4 Å². The Morgan fingerprint density at radius 3 is 2.78 bits per heavy atom. The van der Waals surface area contributed by atoms with E-state index in [1.165, 1.54) is 0 Å². The predicted octanol–water partition coefficient (Wildman–Crippen LogP) is 4.54. The molecule has 0 amide bonds. The van der Waals surface area contributed by atoms with E-state index in [-0.39, 0.29) is 0 Å². The van der Waals surface area contributed by atoms with E-state index in [0.29, 0.717) is 16.8 Å². The van der Waals surface area contributed by atoms with Crippen LogP contribution in [-0.2, 0) is 6.42 Å². The third kappa shape index (κ3) is 2.70. The molecular formula is C13H14BrClN2O. The first-order valence-corrected chi connectivity index (χ1v) is 6.85. The van der Waals surface area contributed by atoms with Gasteiger partial charge in [-0.3, -0.25) is 0 Å². The molecule has 96 valence electrons. The topological polar surface area (TPSA) is 52.0 Å². The van der Waals surface area contributed by atoms with E-state index < -0.39 is 0 Å². The molecule has 0 saturated heterocycles. The smallest absolute Gasteiger partial charge is 0.225 e. The number of hydrogen-bond donors (Lipinski definition) is 1. The van der Waals surface area contributed by atoms with Crippen molar-refractivity contribution in [1.82, 2.24) is 5.16 Å². The Labute approximate surface area is 119 Å². The second-order valence-electron chi connectivity index (χ2n) is 4.60. The van der Waals surface area contributed by atoms with Crippen LogP contribution in [0.4, 0.5) is 5.88 Å². The molecule has 0 aliphatic carbocycles. The highest BCUT2D eigenvalue weighted by atomic mass is 79.9. The highest BCUT2D eigenvalue weighted by molar-refractivity contribution is 9.10. The van der Waals surface area contributed by atoms with Gasteiger partial charge in [0.05, 0.1) is 5.02 Å². The number of nitrogen functional groups attached to an aromatic ring is 1. The molecule has 0 spiro atoms. The van der Waals surface area contributed by atoms with Gasteiger partial charge in [0.1, 0.15) is 5.69 Å². The highest BCUT2D eigenvalue weighted by Gasteiger charge is 2.17. The summed E-state index contributed by atoms with van der Waals surface area (Å²) in [5, 5.41) is 4.68. The zero-order valence-corrected chi connectivity index (χ0v) is 12.5. The molecule has 3 nitrogen and oxygen atoms in total. The lowest BCUT2D eigenvalue weighted by Crippen LogP contribution is -1.98. The van der Waals surface area contributed by atoms with Gasteiger partial charge in [0.25, 0.3) is 0 Å². The Hall–Kier alpha value is -1.00. The first-order valence-electron chi connectivity index (χ1n) is 5.68. The number of hydrogen-bond acceptors (Lipinski definition) is 3. The van der Waals surface area contributed by atoms with Crippen LogP contribution in [0, 0.1) is 5.92 Å². The molecule has 1 heterocycles. The molecule has 0 saturated carbocycles. The van der Waals surface area contributed by atoms with Crippen molar-refractivity contribution in [3.63, 3.8) is 0 Å². The minimum Gasteiger partial charge on any atom is -0.367 e. The van der Waals surface area contributed by atoms with Gasteiger partial charge in [0.15, 0.2) is 0 Å². The van der Waals surface area contributed by atoms with Crippen molar-refractivity contribution < 1.29 is 4.52 Å². The number of benzene rings is 1. The predicted molar refractivity (Wildman–Crippen MR) is 77.6 cm³/mol. The normalized spacial score (nSPS) is 11.2. The second-order valence-corrected chi connectivity index (χ2v) is 5.86. The van der Waals surface area contributed by atoms with E-state index in [4.69, 9.17) is 21.9 Å². The summed E-state index contributed by atoms with van der Waals surface area (Å²) in [6.45, 7) is 4.26. The van der Waals surface area contributed by atoms with Crippen molar-refractivity contribution >= 4 is 33.4 Å². The van der Waals surface area contributed by atoms with Crippen molar-refractivity contribution in [3.8, 4) is 11.3 Å². The van der Waals surface area contributed by atoms with Gasteiger partial charge in [-0.1, -0.05) is 36.7 Å². The molecule has 0 radical (unpaired) electrons. The van der Waals surface area contributed by atoms with Crippen molar-refractivity contribution in [2.24, 2.45) is 5.92 Å². The molecule has 1 aromatic heterocycles. The van der Waals surface area contributed by atoms with E-state index in [1.807, 2.05) is 18.2 Å². The van der Waals surface area contributed by atoms with Crippen molar-refractivity contribution in [2.45, 2.75) is 20.3 Å². The molecule has 5 heteroatoms. The van der Waals surface area contributed by atoms with Gasteiger partial charge >= 0.3 is 0 Å². The zero-order valence-electron chi connectivity index (χ0n) is 10.2. The van der Waals surface area contributed by atoms with Crippen LogP contribution >= 0.6 is 27.5 Å². The summed E-state index contributed by atoms with van der Waals surface area (Å²) >= 11 is 9.46. The summed E-state index contributed by atoms with van der Waals surface area (Å²) in [6, 6.07) is 5.69. The Kier molecular flexibility index (Phi) is 3.97. The third-order valence-electron chi connectivity index (χ3n) is 2.62. The molecule has 2 N–H and O–H groups in total. The lowest BCUT2D eigenvalue weighted by atomic mass is 9.99. The van der Waals surface area contributed by atoms with Crippen LogP contribution in [0.2, 0.25) is 5.02 Å². The SMILES string of the molecule is CC(C)Cc1c(-c2ccc(Br)c(Cl)c2)noc1N. The number of nitrogens with two attached hydrogens (primary N) is 1. The van der Waals surface area contributed by atoms with E-state index in [0.717, 1.165) is 27.7 Å². The van der Waals surface area contributed by atoms with Gasteiger partial charge < -0.3 is 10.3 Å². The molecule has 0 atom stereocenters. The Morgan fingerprint density at radius 1 is 1.44 bits per heavy atom. The fourth-order valence-electron chi connectivity index (χ4n) is 1.80. The van der Waals surface area contributed by atoms with E-state index in [2.05, 4.69) is 34.9 Å². The zero-order chi connectivity index (χ0) is 13.3. The third-order valence-corrected chi connectivity index (χ3v) is 3.86. The molecule has 0 unspecified atom stereocenters. The highest BCUT2D eigenvalue weighted by Crippen LogP contribution is 2.33. The molecule has 0 bridgehead atoms. The maximum absolute atomic E-state index is 6.09. The fraction of sp³-hybridized carbons (Fsp3) is 0.308. The molecule has 2 rings (SSSR count). The lowest BCUT2D eigenvalue weighted by molar-refractivity contribution is 0.438. The summed E-state index contributed by atoms with van der Waals surface area (Å²) < 4.78 is 5.95. The maximum atomic E-state index is 6.09. The number of aromatic nitrogens is 1. The molecule has 0 fully saturated rings. The molecular weight excluding hydrogens is 316 g/mol. The number of nitrogens with zero attached hydrogens (tertiary/aromatic N) is 1. The maximum Gasteiger partial charge on any atom is 0.225 e. The van der Waals surface area contributed by atoms with E-state index in [1.54, 1.807) is 0 Å². The number of anilines is 1. The summed E-state index contributed by atoms with van der Waals surface area (Å²) in [6.07, 6.45) is 0.832. The van der Waals surface area contributed by atoms with E-state index in [9.17, 15) is 0 Å². The van der Waals surface area contributed by atoms with Crippen LogP contribution in [0.25, 0.3) is 11.3 Å². The van der Waals surface area contributed by atoms with Crippen LogP contribution in [0.5, 0.6) is 0 Å². The van der Waals surface area contributed by atoms with Gasteiger partial charge in [-0.05, 0) is 40.4 Å². The van der Waals surface area contributed by atoms with Crippen LogP contribution in [0.15, 0.2) is 27.2 Å². The minimum absolute atomic E-state index is 0.387. The van der Waals surface area contributed by atoms with Gasteiger partial charge in [0, 0.05) is 15.6 Å². The number of halogens is 2. The molecule has 2 aromatic rings. The van der Waals surface area contributed by atoms with Crippen LogP contribution in [-0.4, -0.2) is 5.16 Å². The Bertz CT molecular complexity index is 566. The van der Waals surface area contributed by atoms with Crippen molar-refractivity contribution in [2.75, 3.05) is 5.73 Å². The Balaban J connectivity index is 2.47. The fourth-order valence-corrected chi connectivity index (χ4v) is 2.22. The van der Waals surface area contributed by atoms with Crippen LogP contribution in [0.3, 0.4) is 0 Å². The average molecular weight is 330 g/mol. The molecule has 18 heavy (non-hydrogen) atoms. The standard InChI is InChI=1S/C13H14BrClN2O/c1-7(2)5-9-12(17-18-13(9)16)8-3-4-10(14)11(15)6-8/h3-4,6-7H,5,16H2,1-2H3. The Morgan fingerprint density at radius 2 is 2.17 bits per heavy atom. The summed E-state index contributed by atoms with van der Waals surface area (Å²) in [4.78, 5) is 0. The molecule has 0 aliphatic heterocycles. The average Bonchev–Trinajstić information content (AvgIpc) is 2.64. The number of rotatable bonds is 3. The first kappa shape index (κ1) is 13.4.